The Morgan fingerprint density at radius 3 is 2.86 bits per heavy atom. The average molecular weight is 160 g/mol. The van der Waals surface area contributed by atoms with Gasteiger partial charge in [-0.05, 0) is 6.07 Å². The predicted octanol–water partition coefficient (Wildman–Crippen LogP) is 1.25. The van der Waals surface area contributed by atoms with E-state index in [-0.39, 0.29) is 0 Å². The molecule has 0 fully saturated rings. The van der Waals surface area contributed by atoms with Crippen LogP contribution in [0, 0.1) is 5.45 Å². The molecule has 1 aromatic heterocycles. The molecule has 2 nitrogen and oxygen atoms in total. The van der Waals surface area contributed by atoms with Gasteiger partial charge in [0.1, 0.15) is 5.45 Å². The van der Waals surface area contributed by atoms with Crippen LogP contribution in [0.15, 0.2) is 18.5 Å². The van der Waals surface area contributed by atoms with E-state index < -0.39 is 0 Å². The lowest BCUT2D eigenvalue weighted by atomic mass is 10.8. The summed E-state index contributed by atoms with van der Waals surface area (Å²) in [4.78, 5) is 0. The van der Waals surface area contributed by atoms with Crippen LogP contribution in [-0.4, -0.2) is 9.78 Å². The molecule has 0 bridgehead atoms. The number of hydrogen-bond acceptors (Lipinski definition) is 1. The number of aromatic nitrogens is 2. The third-order valence-corrected chi connectivity index (χ3v) is 1.04. The van der Waals surface area contributed by atoms with Crippen LogP contribution in [0.25, 0.3) is 0 Å². The molecule has 37 valence electrons. The van der Waals surface area contributed by atoms with Crippen molar-refractivity contribution in [1.29, 1.82) is 0 Å². The Balaban J connectivity index is 2.76. The summed E-state index contributed by atoms with van der Waals surface area (Å²) in [6.07, 6.45) is 3.56. The third kappa shape index (κ3) is 1.03. The highest BCUT2D eigenvalue weighted by Crippen LogP contribution is 1.91. The highest BCUT2D eigenvalue weighted by atomic mass is 79.9. The average Bonchev–Trinajstić information content (AvgIpc) is 2.14. The van der Waals surface area contributed by atoms with Crippen molar-refractivity contribution in [3.63, 3.8) is 0 Å². The third-order valence-electron chi connectivity index (χ3n) is 0.625. The van der Waals surface area contributed by atoms with Crippen molar-refractivity contribution in [3.05, 3.63) is 23.9 Å². The van der Waals surface area contributed by atoms with E-state index in [1.54, 1.807) is 16.3 Å². The number of halogens is 1. The van der Waals surface area contributed by atoms with Gasteiger partial charge in [-0.2, -0.15) is 5.10 Å². The summed E-state index contributed by atoms with van der Waals surface area (Å²) in [6.45, 7) is 0. The number of rotatable bonds is 1. The Morgan fingerprint density at radius 2 is 2.57 bits per heavy atom. The van der Waals surface area contributed by atoms with E-state index in [2.05, 4.69) is 21.0 Å². The van der Waals surface area contributed by atoms with Gasteiger partial charge < -0.3 is 0 Å². The second kappa shape index (κ2) is 2.12. The van der Waals surface area contributed by atoms with E-state index in [0.717, 1.165) is 0 Å². The normalized spacial score (nSPS) is 9.29. The SMILES string of the molecule is Br[CH]n1cccn1. The summed E-state index contributed by atoms with van der Waals surface area (Å²) in [7, 11) is 0. The highest BCUT2D eigenvalue weighted by molar-refractivity contribution is 9.10. The van der Waals surface area contributed by atoms with Crippen LogP contribution < -0.4 is 0 Å². The first kappa shape index (κ1) is 4.84. The summed E-state index contributed by atoms with van der Waals surface area (Å²) >= 11 is 3.11. The molecular formula is C4H4BrN2. The molecule has 1 heterocycles. The summed E-state index contributed by atoms with van der Waals surface area (Å²) in [5.74, 6) is 0. The smallest absolute Gasteiger partial charge is 0.139 e. The maximum absolute atomic E-state index is 3.85. The molecule has 0 saturated carbocycles. The number of nitrogens with zero attached hydrogens (tertiary/aromatic N) is 2. The molecule has 0 N–H and O–H groups in total. The van der Waals surface area contributed by atoms with Gasteiger partial charge in [0.25, 0.3) is 0 Å². The predicted molar refractivity (Wildman–Crippen MR) is 30.9 cm³/mol. The standard InChI is InChI=1S/C4H4BrN2/c5-4-7-3-1-2-6-7/h1-4H. The highest BCUT2D eigenvalue weighted by Gasteiger charge is 1.79. The second-order valence-corrected chi connectivity index (χ2v) is 1.49. The molecule has 0 aliphatic carbocycles. The van der Waals surface area contributed by atoms with Crippen LogP contribution in [0.4, 0.5) is 0 Å². The van der Waals surface area contributed by atoms with Crippen LogP contribution >= 0.6 is 15.9 Å². The molecule has 0 saturated heterocycles. The van der Waals surface area contributed by atoms with Crippen LogP contribution in [0.3, 0.4) is 0 Å². The minimum Gasteiger partial charge on any atom is -0.256 e. The molecule has 0 amide bonds. The van der Waals surface area contributed by atoms with Gasteiger partial charge in [-0.1, -0.05) is 15.9 Å². The quantitative estimate of drug-likeness (QED) is 0.604. The zero-order valence-corrected chi connectivity index (χ0v) is 5.17. The van der Waals surface area contributed by atoms with Gasteiger partial charge in [0.2, 0.25) is 0 Å². The minimum absolute atomic E-state index is 1.67. The van der Waals surface area contributed by atoms with Crippen LogP contribution in [-0.2, 0) is 0 Å². The molecule has 3 heteroatoms. The van der Waals surface area contributed by atoms with Crippen molar-refractivity contribution in [2.45, 2.75) is 0 Å². The molecule has 0 atom stereocenters. The van der Waals surface area contributed by atoms with E-state index in [0.29, 0.717) is 0 Å². The van der Waals surface area contributed by atoms with Crippen LogP contribution in [0.1, 0.15) is 0 Å². The van der Waals surface area contributed by atoms with Gasteiger partial charge in [0.05, 0.1) is 0 Å². The van der Waals surface area contributed by atoms with Crippen molar-refractivity contribution < 1.29 is 0 Å². The van der Waals surface area contributed by atoms with Gasteiger partial charge in [-0.3, -0.25) is 4.68 Å². The summed E-state index contributed by atoms with van der Waals surface area (Å²) in [5.41, 5.74) is 1.70. The minimum atomic E-state index is 1.67. The van der Waals surface area contributed by atoms with E-state index in [4.69, 9.17) is 0 Å². The summed E-state index contributed by atoms with van der Waals surface area (Å²) in [6, 6.07) is 1.86. The molecule has 0 aromatic carbocycles. The topological polar surface area (TPSA) is 17.8 Å². The van der Waals surface area contributed by atoms with E-state index in [1.165, 1.54) is 0 Å². The molecule has 1 rings (SSSR count). The molecule has 0 aliphatic rings. The Morgan fingerprint density at radius 1 is 1.71 bits per heavy atom. The number of hydrogen-bond donors (Lipinski definition) is 0. The maximum Gasteiger partial charge on any atom is 0.139 e. The van der Waals surface area contributed by atoms with Crippen molar-refractivity contribution in [2.75, 3.05) is 0 Å². The molecule has 0 spiro atoms. The Kier molecular flexibility index (Phi) is 1.46. The largest absolute Gasteiger partial charge is 0.256 e. The van der Waals surface area contributed by atoms with Gasteiger partial charge in [0.15, 0.2) is 0 Å². The van der Waals surface area contributed by atoms with E-state index in [1.807, 2.05) is 12.3 Å². The maximum atomic E-state index is 3.85. The fraction of sp³-hybridized carbons (Fsp3) is 0. The first-order valence-corrected chi connectivity index (χ1v) is 2.78. The van der Waals surface area contributed by atoms with E-state index in [9.17, 15) is 0 Å². The van der Waals surface area contributed by atoms with Crippen LogP contribution in [0.2, 0.25) is 0 Å². The Hall–Kier alpha value is -0.310. The van der Waals surface area contributed by atoms with Crippen molar-refractivity contribution in [3.8, 4) is 0 Å². The first-order chi connectivity index (χ1) is 3.43. The van der Waals surface area contributed by atoms with Crippen molar-refractivity contribution in [2.24, 2.45) is 0 Å². The summed E-state index contributed by atoms with van der Waals surface area (Å²) in [5, 5.41) is 3.85. The Labute approximate surface area is 50.3 Å². The Bertz CT molecular complexity index is 124. The monoisotopic (exact) mass is 159 g/mol. The molecule has 1 radical (unpaired) electrons. The molecule has 7 heavy (non-hydrogen) atoms. The lowest BCUT2D eigenvalue weighted by Crippen LogP contribution is -1.86. The fourth-order valence-electron chi connectivity index (χ4n) is 0.338. The lowest BCUT2D eigenvalue weighted by molar-refractivity contribution is 0.865. The van der Waals surface area contributed by atoms with Crippen molar-refractivity contribution in [1.82, 2.24) is 9.78 Å². The first-order valence-electron chi connectivity index (χ1n) is 1.86. The molecule has 0 unspecified atom stereocenters. The fourth-order valence-corrected chi connectivity index (χ4v) is 0.581. The van der Waals surface area contributed by atoms with Crippen LogP contribution in [0.5, 0.6) is 0 Å². The van der Waals surface area contributed by atoms with Gasteiger partial charge in [0, 0.05) is 12.4 Å². The summed E-state index contributed by atoms with van der Waals surface area (Å²) < 4.78 is 1.67. The molecular weight excluding hydrogens is 156 g/mol. The van der Waals surface area contributed by atoms with Gasteiger partial charge in [-0.25, -0.2) is 0 Å². The van der Waals surface area contributed by atoms with E-state index >= 15 is 0 Å². The lowest BCUT2D eigenvalue weighted by Gasteiger charge is -1.84. The van der Waals surface area contributed by atoms with Gasteiger partial charge >= 0.3 is 0 Å². The molecule has 0 aliphatic heterocycles. The van der Waals surface area contributed by atoms with Gasteiger partial charge in [-0.15, -0.1) is 0 Å². The zero-order valence-electron chi connectivity index (χ0n) is 3.58. The zero-order chi connectivity index (χ0) is 5.11. The second-order valence-electron chi connectivity index (χ2n) is 1.08. The molecule has 1 aromatic rings. The van der Waals surface area contributed by atoms with Crippen molar-refractivity contribution >= 4 is 15.9 Å².